The smallest absolute Gasteiger partial charge is 0.244 e. The Kier molecular flexibility index (Phi) is 3.66. The fourth-order valence-corrected chi connectivity index (χ4v) is 4.49. The van der Waals surface area contributed by atoms with Gasteiger partial charge in [-0.15, -0.1) is 0 Å². The molecule has 0 aromatic heterocycles. The lowest BCUT2D eigenvalue weighted by Gasteiger charge is -2.35. The molecule has 0 spiro atoms. The number of carbonyl (C=O) groups is 1. The second-order valence-electron chi connectivity index (χ2n) is 6.60. The molecule has 106 valence electrons. The lowest BCUT2D eigenvalue weighted by molar-refractivity contribution is -0.133. The van der Waals surface area contributed by atoms with Gasteiger partial charge in [0.1, 0.15) is 0 Å². The number of likely N-dealkylation sites (tertiary alicyclic amines) is 1. The Morgan fingerprint density at radius 2 is 2.05 bits per heavy atom. The lowest BCUT2D eigenvalue weighted by Crippen LogP contribution is -2.48. The van der Waals surface area contributed by atoms with E-state index in [0.29, 0.717) is 6.04 Å². The Hall–Kier alpha value is -0.830. The minimum Gasteiger partial charge on any atom is -0.312 e. The van der Waals surface area contributed by atoms with Crippen molar-refractivity contribution in [2.75, 3.05) is 7.05 Å². The van der Waals surface area contributed by atoms with E-state index >= 15 is 0 Å². The van der Waals surface area contributed by atoms with Crippen LogP contribution >= 0.6 is 0 Å². The molecule has 2 bridgehead atoms. The number of nitrogens with zero attached hydrogens (tertiary/aromatic N) is 1. The van der Waals surface area contributed by atoms with Crippen LogP contribution in [0.3, 0.4) is 0 Å². The largest absolute Gasteiger partial charge is 0.312 e. The van der Waals surface area contributed by atoms with E-state index in [1.165, 1.54) is 32.1 Å². The first-order chi connectivity index (χ1) is 9.20. The van der Waals surface area contributed by atoms with Crippen molar-refractivity contribution in [2.24, 2.45) is 11.8 Å². The van der Waals surface area contributed by atoms with E-state index in [9.17, 15) is 4.79 Å². The molecule has 3 fully saturated rings. The van der Waals surface area contributed by atoms with Crippen LogP contribution in [0.25, 0.3) is 0 Å². The predicted molar refractivity (Wildman–Crippen MR) is 76.5 cm³/mol. The average Bonchev–Trinajstić information content (AvgIpc) is 2.60. The van der Waals surface area contributed by atoms with E-state index in [2.05, 4.69) is 16.8 Å². The van der Waals surface area contributed by atoms with Gasteiger partial charge in [-0.25, -0.2) is 0 Å². The van der Waals surface area contributed by atoms with Gasteiger partial charge in [-0.05, 0) is 57.4 Å². The number of likely N-dealkylation sites (N-methyl/N-ethyl adjacent to an activating group) is 1. The summed E-state index contributed by atoms with van der Waals surface area (Å²) in [6.45, 7) is 4.21. The predicted octanol–water partition coefficient (Wildman–Crippen LogP) is 2.68. The van der Waals surface area contributed by atoms with Crippen molar-refractivity contribution in [3.8, 4) is 0 Å². The van der Waals surface area contributed by atoms with Crippen molar-refractivity contribution >= 4 is 5.91 Å². The zero-order valence-corrected chi connectivity index (χ0v) is 12.0. The number of nitrogens with one attached hydrogen (secondary N) is 1. The summed E-state index contributed by atoms with van der Waals surface area (Å²) in [5.74, 6) is 1.87. The van der Waals surface area contributed by atoms with Crippen LogP contribution in [0.5, 0.6) is 0 Å². The van der Waals surface area contributed by atoms with Crippen molar-refractivity contribution in [3.63, 3.8) is 0 Å². The molecule has 0 aromatic carbocycles. The standard InChI is InChI=1S/C16H26N2O/c1-11-5-3-8-14(17-2)16(19)18(11)15-10-12-6-4-7-13(15)9-12/h12-15,17H,1,3-10H2,2H3. The van der Waals surface area contributed by atoms with E-state index in [1.807, 2.05) is 7.05 Å². The molecule has 4 unspecified atom stereocenters. The second-order valence-corrected chi connectivity index (χ2v) is 6.60. The molecule has 0 aromatic rings. The first kappa shape index (κ1) is 13.2. The summed E-state index contributed by atoms with van der Waals surface area (Å²) in [6.07, 6.45) is 9.60. The van der Waals surface area contributed by atoms with Crippen molar-refractivity contribution in [2.45, 2.75) is 63.5 Å². The SMILES string of the molecule is C=C1CCCC(NC)C(=O)N1C1CC2CCCC1C2. The van der Waals surface area contributed by atoms with Gasteiger partial charge in [0.25, 0.3) is 0 Å². The molecule has 3 rings (SSSR count). The Morgan fingerprint density at radius 3 is 2.79 bits per heavy atom. The van der Waals surface area contributed by atoms with Crippen molar-refractivity contribution < 1.29 is 4.79 Å². The van der Waals surface area contributed by atoms with Crippen LogP contribution in [0, 0.1) is 11.8 Å². The highest BCUT2D eigenvalue weighted by molar-refractivity contribution is 5.84. The number of allylic oxidation sites excluding steroid dienone is 1. The zero-order valence-electron chi connectivity index (χ0n) is 12.0. The van der Waals surface area contributed by atoms with Crippen molar-refractivity contribution in [1.29, 1.82) is 0 Å². The number of fused-ring (bicyclic) bond motifs is 2. The highest BCUT2D eigenvalue weighted by Gasteiger charge is 2.43. The van der Waals surface area contributed by atoms with Crippen LogP contribution in [0.4, 0.5) is 0 Å². The van der Waals surface area contributed by atoms with Crippen LogP contribution in [-0.2, 0) is 4.79 Å². The van der Waals surface area contributed by atoms with E-state index in [0.717, 1.165) is 36.8 Å². The van der Waals surface area contributed by atoms with Crippen molar-refractivity contribution in [3.05, 3.63) is 12.3 Å². The molecule has 1 N–H and O–H groups in total. The molecule has 19 heavy (non-hydrogen) atoms. The van der Waals surface area contributed by atoms with Gasteiger partial charge in [0.15, 0.2) is 0 Å². The number of hydrogen-bond acceptors (Lipinski definition) is 2. The molecule has 1 saturated heterocycles. The summed E-state index contributed by atoms with van der Waals surface area (Å²) in [5, 5.41) is 3.20. The van der Waals surface area contributed by atoms with Crippen LogP contribution in [0.1, 0.15) is 51.4 Å². The third-order valence-electron chi connectivity index (χ3n) is 5.46. The molecule has 2 saturated carbocycles. The van der Waals surface area contributed by atoms with Crippen LogP contribution < -0.4 is 5.32 Å². The van der Waals surface area contributed by atoms with Crippen molar-refractivity contribution in [1.82, 2.24) is 10.2 Å². The molecule has 1 amide bonds. The van der Waals surface area contributed by atoms with Gasteiger partial charge in [-0.2, -0.15) is 0 Å². The summed E-state index contributed by atoms with van der Waals surface area (Å²) < 4.78 is 0. The Bertz CT molecular complexity index is 379. The third-order valence-corrected chi connectivity index (χ3v) is 5.46. The quantitative estimate of drug-likeness (QED) is 0.830. The molecule has 0 radical (unpaired) electrons. The minimum absolute atomic E-state index is 0.000275. The molecule has 1 aliphatic heterocycles. The monoisotopic (exact) mass is 262 g/mol. The van der Waals surface area contributed by atoms with Gasteiger partial charge in [0.05, 0.1) is 6.04 Å². The van der Waals surface area contributed by atoms with Crippen LogP contribution in [-0.4, -0.2) is 29.9 Å². The summed E-state index contributed by atoms with van der Waals surface area (Å²) in [6, 6.07) is 0.446. The van der Waals surface area contributed by atoms with Gasteiger partial charge in [-0.3, -0.25) is 4.79 Å². The molecular weight excluding hydrogens is 236 g/mol. The highest BCUT2D eigenvalue weighted by Crippen LogP contribution is 2.45. The number of amides is 1. The topological polar surface area (TPSA) is 32.3 Å². The van der Waals surface area contributed by atoms with Gasteiger partial charge in [-0.1, -0.05) is 19.4 Å². The fourth-order valence-electron chi connectivity index (χ4n) is 4.49. The Labute approximate surface area is 116 Å². The second kappa shape index (κ2) is 5.28. The highest BCUT2D eigenvalue weighted by atomic mass is 16.2. The minimum atomic E-state index is -0.000275. The number of carbonyl (C=O) groups excluding carboxylic acids is 1. The zero-order chi connectivity index (χ0) is 13.4. The first-order valence-corrected chi connectivity index (χ1v) is 7.89. The average molecular weight is 262 g/mol. The maximum atomic E-state index is 12.8. The summed E-state index contributed by atoms with van der Waals surface area (Å²) in [7, 11) is 1.90. The van der Waals surface area contributed by atoms with E-state index < -0.39 is 0 Å². The van der Waals surface area contributed by atoms with E-state index in [-0.39, 0.29) is 11.9 Å². The number of rotatable bonds is 2. The summed E-state index contributed by atoms with van der Waals surface area (Å²) in [5.41, 5.74) is 1.07. The number of hydrogen-bond donors (Lipinski definition) is 1. The maximum Gasteiger partial charge on any atom is 0.244 e. The van der Waals surface area contributed by atoms with Gasteiger partial charge in [0.2, 0.25) is 5.91 Å². The maximum absolute atomic E-state index is 12.8. The molecule has 4 atom stereocenters. The van der Waals surface area contributed by atoms with Gasteiger partial charge < -0.3 is 10.2 Å². The molecular formula is C16H26N2O. The molecule has 3 heteroatoms. The molecule has 1 heterocycles. The van der Waals surface area contributed by atoms with E-state index in [1.54, 1.807) is 0 Å². The Balaban J connectivity index is 1.83. The summed E-state index contributed by atoms with van der Waals surface area (Å²) in [4.78, 5) is 14.9. The normalized spacial score (nSPS) is 39.5. The molecule has 3 aliphatic rings. The van der Waals surface area contributed by atoms with Gasteiger partial charge in [0, 0.05) is 11.7 Å². The Morgan fingerprint density at radius 1 is 1.21 bits per heavy atom. The summed E-state index contributed by atoms with van der Waals surface area (Å²) >= 11 is 0. The van der Waals surface area contributed by atoms with Crippen LogP contribution in [0.2, 0.25) is 0 Å². The van der Waals surface area contributed by atoms with E-state index in [4.69, 9.17) is 0 Å². The molecule has 2 aliphatic carbocycles. The van der Waals surface area contributed by atoms with Gasteiger partial charge >= 0.3 is 0 Å². The van der Waals surface area contributed by atoms with Crippen LogP contribution in [0.15, 0.2) is 12.3 Å². The molecule has 3 nitrogen and oxygen atoms in total. The lowest BCUT2D eigenvalue weighted by atomic mass is 9.88. The third kappa shape index (κ3) is 2.33. The fraction of sp³-hybridized carbons (Fsp3) is 0.812. The first-order valence-electron chi connectivity index (χ1n) is 7.89.